The third kappa shape index (κ3) is 3.59. The minimum absolute atomic E-state index is 0.523. The smallest absolute Gasteiger partial charge is 0.0771 e. The number of nitrogens with one attached hydrogen (secondary N) is 1. The molecule has 94 valence electrons. The minimum atomic E-state index is -0.523. The standard InChI is InChI=1S/C13H17Cl2NO/c14-11-3-4-12(15)10(7-11)8-16-9-13(17)5-1-2-6-13/h3-4,7,16-17H,1-2,5-6,8-9H2. The van der Waals surface area contributed by atoms with Crippen LogP contribution in [0.5, 0.6) is 0 Å². The van der Waals surface area contributed by atoms with Crippen LogP contribution in [0.1, 0.15) is 31.2 Å². The van der Waals surface area contributed by atoms with E-state index in [2.05, 4.69) is 5.32 Å². The molecular weight excluding hydrogens is 257 g/mol. The van der Waals surface area contributed by atoms with Gasteiger partial charge < -0.3 is 10.4 Å². The van der Waals surface area contributed by atoms with Gasteiger partial charge in [-0.2, -0.15) is 0 Å². The molecule has 1 aromatic carbocycles. The van der Waals surface area contributed by atoms with Crippen LogP contribution in [0.3, 0.4) is 0 Å². The van der Waals surface area contributed by atoms with E-state index >= 15 is 0 Å². The first-order valence-electron chi connectivity index (χ1n) is 5.96. The molecule has 1 aliphatic rings. The zero-order chi connectivity index (χ0) is 12.3. The van der Waals surface area contributed by atoms with E-state index in [-0.39, 0.29) is 0 Å². The summed E-state index contributed by atoms with van der Waals surface area (Å²) < 4.78 is 0. The van der Waals surface area contributed by atoms with Gasteiger partial charge in [-0.25, -0.2) is 0 Å². The summed E-state index contributed by atoms with van der Waals surface area (Å²) in [5, 5.41) is 14.8. The molecule has 0 aliphatic heterocycles. The molecule has 2 rings (SSSR count). The normalized spacial score (nSPS) is 18.5. The molecule has 0 aromatic heterocycles. The van der Waals surface area contributed by atoms with Crippen molar-refractivity contribution in [2.75, 3.05) is 6.54 Å². The first-order valence-corrected chi connectivity index (χ1v) is 6.72. The third-order valence-electron chi connectivity index (χ3n) is 3.31. The van der Waals surface area contributed by atoms with Crippen molar-refractivity contribution in [3.8, 4) is 0 Å². The van der Waals surface area contributed by atoms with Gasteiger partial charge in [-0.05, 0) is 36.6 Å². The van der Waals surface area contributed by atoms with Crippen molar-refractivity contribution in [2.45, 2.75) is 37.8 Å². The minimum Gasteiger partial charge on any atom is -0.389 e. The van der Waals surface area contributed by atoms with Crippen LogP contribution in [0, 0.1) is 0 Å². The van der Waals surface area contributed by atoms with Crippen molar-refractivity contribution >= 4 is 23.2 Å². The van der Waals surface area contributed by atoms with Gasteiger partial charge >= 0.3 is 0 Å². The Balaban J connectivity index is 1.87. The molecule has 0 heterocycles. The Morgan fingerprint density at radius 1 is 1.24 bits per heavy atom. The van der Waals surface area contributed by atoms with Crippen molar-refractivity contribution in [3.05, 3.63) is 33.8 Å². The maximum atomic E-state index is 10.2. The first kappa shape index (κ1) is 13.2. The Kier molecular flexibility index (Phi) is 4.31. The molecule has 2 nitrogen and oxygen atoms in total. The van der Waals surface area contributed by atoms with E-state index in [4.69, 9.17) is 23.2 Å². The second kappa shape index (κ2) is 5.57. The van der Waals surface area contributed by atoms with Crippen molar-refractivity contribution < 1.29 is 5.11 Å². The first-order chi connectivity index (χ1) is 8.09. The summed E-state index contributed by atoms with van der Waals surface area (Å²) >= 11 is 12.0. The van der Waals surface area contributed by atoms with E-state index in [9.17, 15) is 5.11 Å². The molecule has 1 saturated carbocycles. The van der Waals surface area contributed by atoms with Gasteiger partial charge in [0, 0.05) is 23.1 Å². The average molecular weight is 274 g/mol. The van der Waals surface area contributed by atoms with Gasteiger partial charge in [0.05, 0.1) is 5.60 Å². The lowest BCUT2D eigenvalue weighted by molar-refractivity contribution is 0.0475. The molecule has 0 bridgehead atoms. The molecule has 2 N–H and O–H groups in total. The zero-order valence-corrected chi connectivity index (χ0v) is 11.2. The molecule has 1 aromatic rings. The van der Waals surface area contributed by atoms with E-state index in [0.29, 0.717) is 23.1 Å². The quantitative estimate of drug-likeness (QED) is 0.882. The lowest BCUT2D eigenvalue weighted by Gasteiger charge is -2.22. The average Bonchev–Trinajstić information content (AvgIpc) is 2.71. The number of rotatable bonds is 4. The fourth-order valence-electron chi connectivity index (χ4n) is 2.32. The van der Waals surface area contributed by atoms with Crippen LogP contribution in [0.15, 0.2) is 18.2 Å². The Bertz CT molecular complexity index is 389. The zero-order valence-electron chi connectivity index (χ0n) is 9.68. The highest BCUT2D eigenvalue weighted by atomic mass is 35.5. The second-order valence-electron chi connectivity index (χ2n) is 4.77. The van der Waals surface area contributed by atoms with Gasteiger partial charge in [-0.15, -0.1) is 0 Å². The van der Waals surface area contributed by atoms with E-state index < -0.39 is 5.60 Å². The highest BCUT2D eigenvalue weighted by molar-refractivity contribution is 6.33. The molecule has 0 amide bonds. The van der Waals surface area contributed by atoms with Gasteiger partial charge in [0.1, 0.15) is 0 Å². The molecular formula is C13H17Cl2NO. The summed E-state index contributed by atoms with van der Waals surface area (Å²) in [5.41, 5.74) is 0.450. The van der Waals surface area contributed by atoms with Gasteiger partial charge in [0.2, 0.25) is 0 Å². The molecule has 1 aliphatic carbocycles. The summed E-state index contributed by atoms with van der Waals surface area (Å²) in [5.74, 6) is 0. The molecule has 4 heteroatoms. The lowest BCUT2D eigenvalue weighted by Crippen LogP contribution is -2.37. The Morgan fingerprint density at radius 2 is 1.94 bits per heavy atom. The highest BCUT2D eigenvalue weighted by Gasteiger charge is 2.30. The number of halogens is 2. The predicted octanol–water partition coefficient (Wildman–Crippen LogP) is 3.39. The highest BCUT2D eigenvalue weighted by Crippen LogP contribution is 2.28. The fourth-order valence-corrected chi connectivity index (χ4v) is 2.70. The fraction of sp³-hybridized carbons (Fsp3) is 0.538. The van der Waals surface area contributed by atoms with Crippen LogP contribution in [0.25, 0.3) is 0 Å². The molecule has 1 fully saturated rings. The molecule has 0 atom stereocenters. The maximum Gasteiger partial charge on any atom is 0.0771 e. The van der Waals surface area contributed by atoms with Crippen LogP contribution in [0.2, 0.25) is 10.0 Å². The molecule has 0 spiro atoms. The molecule has 0 unspecified atom stereocenters. The number of benzene rings is 1. The van der Waals surface area contributed by atoms with Gasteiger partial charge in [0.25, 0.3) is 0 Å². The van der Waals surface area contributed by atoms with Crippen molar-refractivity contribution in [2.24, 2.45) is 0 Å². The van der Waals surface area contributed by atoms with Crippen LogP contribution in [-0.2, 0) is 6.54 Å². The summed E-state index contributed by atoms with van der Waals surface area (Å²) in [6.45, 7) is 1.26. The van der Waals surface area contributed by atoms with E-state index in [1.165, 1.54) is 0 Å². The predicted molar refractivity (Wildman–Crippen MR) is 71.6 cm³/mol. The number of hydrogen-bond acceptors (Lipinski definition) is 2. The summed E-state index contributed by atoms with van der Waals surface area (Å²) in [6.07, 6.45) is 4.03. The van der Waals surface area contributed by atoms with E-state index in [1.807, 2.05) is 6.07 Å². The monoisotopic (exact) mass is 273 g/mol. The largest absolute Gasteiger partial charge is 0.389 e. The summed E-state index contributed by atoms with van der Waals surface area (Å²) in [6, 6.07) is 5.43. The van der Waals surface area contributed by atoms with E-state index in [1.54, 1.807) is 12.1 Å². The van der Waals surface area contributed by atoms with Gasteiger partial charge in [-0.3, -0.25) is 0 Å². The van der Waals surface area contributed by atoms with Crippen LogP contribution in [-0.4, -0.2) is 17.3 Å². The third-order valence-corrected chi connectivity index (χ3v) is 3.92. The van der Waals surface area contributed by atoms with Crippen molar-refractivity contribution in [3.63, 3.8) is 0 Å². The Labute approximate surface area is 112 Å². The topological polar surface area (TPSA) is 32.3 Å². The SMILES string of the molecule is OC1(CNCc2cc(Cl)ccc2Cl)CCCC1. The van der Waals surface area contributed by atoms with Gasteiger partial charge in [-0.1, -0.05) is 36.0 Å². The number of aliphatic hydroxyl groups is 1. The van der Waals surface area contributed by atoms with Crippen LogP contribution < -0.4 is 5.32 Å². The Morgan fingerprint density at radius 3 is 2.65 bits per heavy atom. The van der Waals surface area contributed by atoms with Gasteiger partial charge in [0.15, 0.2) is 0 Å². The second-order valence-corrected chi connectivity index (χ2v) is 5.61. The molecule has 0 radical (unpaired) electrons. The number of hydrogen-bond donors (Lipinski definition) is 2. The van der Waals surface area contributed by atoms with Crippen LogP contribution >= 0.6 is 23.2 Å². The summed E-state index contributed by atoms with van der Waals surface area (Å²) in [4.78, 5) is 0. The van der Waals surface area contributed by atoms with E-state index in [0.717, 1.165) is 31.2 Å². The van der Waals surface area contributed by atoms with Crippen LogP contribution in [0.4, 0.5) is 0 Å². The van der Waals surface area contributed by atoms with Crippen molar-refractivity contribution in [1.82, 2.24) is 5.32 Å². The lowest BCUT2D eigenvalue weighted by atomic mass is 10.0. The van der Waals surface area contributed by atoms with Crippen molar-refractivity contribution in [1.29, 1.82) is 0 Å². The summed E-state index contributed by atoms with van der Waals surface area (Å²) in [7, 11) is 0. The molecule has 17 heavy (non-hydrogen) atoms. The molecule has 0 saturated heterocycles. The Hall–Kier alpha value is -0.280. The maximum absolute atomic E-state index is 10.2.